The largest absolute Gasteiger partial charge is 0.359 e. The third kappa shape index (κ3) is 4.35. The first-order valence-corrected chi connectivity index (χ1v) is 10.0. The number of nitrogens with one attached hydrogen (secondary N) is 1. The summed E-state index contributed by atoms with van der Waals surface area (Å²) in [6, 6.07) is 16.5. The Labute approximate surface area is 171 Å². The summed E-state index contributed by atoms with van der Waals surface area (Å²) < 4.78 is 0. The van der Waals surface area contributed by atoms with E-state index in [9.17, 15) is 4.79 Å². The average Bonchev–Trinajstić information content (AvgIpc) is 3.18. The molecule has 29 heavy (non-hydrogen) atoms. The second-order valence-corrected chi connectivity index (χ2v) is 7.80. The van der Waals surface area contributed by atoms with Crippen LogP contribution in [0.3, 0.4) is 0 Å². The van der Waals surface area contributed by atoms with Crippen LogP contribution in [0.15, 0.2) is 73.3 Å². The van der Waals surface area contributed by atoms with Gasteiger partial charge in [-0.15, -0.1) is 0 Å². The molecular weight excluding hydrogens is 360 g/mol. The maximum atomic E-state index is 12.9. The zero-order valence-electron chi connectivity index (χ0n) is 16.7. The Bertz CT molecular complexity index is 961. The number of carbonyl (C=O) groups excluding carboxylic acids is 1. The van der Waals surface area contributed by atoms with Crippen LogP contribution in [0, 0.1) is 5.41 Å². The van der Waals surface area contributed by atoms with Crippen LogP contribution in [0.4, 0.5) is 0 Å². The number of hydrogen-bond donors (Lipinski definition) is 1. The predicted octanol–water partition coefficient (Wildman–Crippen LogP) is 3.32. The highest BCUT2D eigenvalue weighted by atomic mass is 16.2. The zero-order valence-corrected chi connectivity index (χ0v) is 16.7. The van der Waals surface area contributed by atoms with Crippen molar-refractivity contribution in [1.82, 2.24) is 20.2 Å². The summed E-state index contributed by atoms with van der Waals surface area (Å²) >= 11 is 0. The van der Waals surface area contributed by atoms with Gasteiger partial charge in [0.05, 0.1) is 5.41 Å². The standard InChI is InChI=1S/C24H26N4O/c1-25-23(29)24(9-12-28(18-24)17-20-6-3-10-26-15-20)14-19-5-2-7-21(13-19)22-8-4-11-27-16-22/h2-8,10-11,13,15-16H,9,12,14,17-18H2,1H3,(H,25,29)/t24-/m1/s1. The van der Waals surface area contributed by atoms with E-state index < -0.39 is 5.41 Å². The highest BCUT2D eigenvalue weighted by Gasteiger charge is 2.44. The molecule has 0 aliphatic carbocycles. The van der Waals surface area contributed by atoms with E-state index in [1.54, 1.807) is 19.4 Å². The van der Waals surface area contributed by atoms with Crippen LogP contribution in [-0.4, -0.2) is 40.9 Å². The highest BCUT2D eigenvalue weighted by molar-refractivity contribution is 5.83. The van der Waals surface area contributed by atoms with Gasteiger partial charge in [0.2, 0.25) is 5.91 Å². The number of nitrogens with zero attached hydrogens (tertiary/aromatic N) is 3. The van der Waals surface area contributed by atoms with Gasteiger partial charge in [0.15, 0.2) is 0 Å². The Kier molecular flexibility index (Phi) is 5.67. The van der Waals surface area contributed by atoms with Gasteiger partial charge in [-0.25, -0.2) is 0 Å². The fraction of sp³-hybridized carbons (Fsp3) is 0.292. The van der Waals surface area contributed by atoms with Gasteiger partial charge in [-0.2, -0.15) is 0 Å². The molecule has 5 nitrogen and oxygen atoms in total. The van der Waals surface area contributed by atoms with E-state index in [2.05, 4.69) is 56.6 Å². The smallest absolute Gasteiger partial charge is 0.227 e. The van der Waals surface area contributed by atoms with Gasteiger partial charge >= 0.3 is 0 Å². The Morgan fingerprint density at radius 2 is 1.79 bits per heavy atom. The molecule has 3 heterocycles. The minimum Gasteiger partial charge on any atom is -0.359 e. The summed E-state index contributed by atoms with van der Waals surface area (Å²) in [7, 11) is 1.74. The lowest BCUT2D eigenvalue weighted by molar-refractivity contribution is -0.130. The van der Waals surface area contributed by atoms with Crippen molar-refractivity contribution >= 4 is 5.91 Å². The molecule has 1 atom stereocenters. The molecule has 3 aromatic rings. The van der Waals surface area contributed by atoms with Crippen LogP contribution in [0.1, 0.15) is 17.5 Å². The summed E-state index contributed by atoms with van der Waals surface area (Å²) in [6.07, 6.45) is 8.92. The minimum absolute atomic E-state index is 0.123. The molecule has 1 aliphatic heterocycles. The number of likely N-dealkylation sites (tertiary alicyclic amines) is 1. The molecule has 0 radical (unpaired) electrons. The Morgan fingerprint density at radius 3 is 2.52 bits per heavy atom. The van der Waals surface area contributed by atoms with Crippen molar-refractivity contribution in [3.05, 3.63) is 84.4 Å². The second-order valence-electron chi connectivity index (χ2n) is 7.80. The van der Waals surface area contributed by atoms with Gasteiger partial charge in [0.25, 0.3) is 0 Å². The SMILES string of the molecule is CNC(=O)[C@@]1(Cc2cccc(-c3cccnc3)c2)CCN(Cc2cccnc2)C1. The number of hydrogen-bond acceptors (Lipinski definition) is 4. The molecule has 0 saturated carbocycles. The summed E-state index contributed by atoms with van der Waals surface area (Å²) in [4.78, 5) is 23.7. The van der Waals surface area contributed by atoms with Crippen LogP contribution < -0.4 is 5.32 Å². The fourth-order valence-electron chi connectivity index (χ4n) is 4.30. The third-order valence-corrected chi connectivity index (χ3v) is 5.73. The number of carbonyl (C=O) groups is 1. The molecule has 4 rings (SSSR count). The monoisotopic (exact) mass is 386 g/mol. The molecule has 1 aromatic carbocycles. The first-order valence-electron chi connectivity index (χ1n) is 10.0. The van der Waals surface area contributed by atoms with Crippen molar-refractivity contribution in [2.24, 2.45) is 5.41 Å². The number of amides is 1. The van der Waals surface area contributed by atoms with Crippen molar-refractivity contribution in [3.63, 3.8) is 0 Å². The minimum atomic E-state index is -0.412. The van der Waals surface area contributed by atoms with E-state index in [4.69, 9.17) is 0 Å². The van der Waals surface area contributed by atoms with Crippen LogP contribution in [0.25, 0.3) is 11.1 Å². The van der Waals surface area contributed by atoms with Crippen molar-refractivity contribution in [1.29, 1.82) is 0 Å². The Morgan fingerprint density at radius 1 is 1.03 bits per heavy atom. The van der Waals surface area contributed by atoms with Crippen LogP contribution in [-0.2, 0) is 17.8 Å². The van der Waals surface area contributed by atoms with E-state index in [1.807, 2.05) is 24.5 Å². The van der Waals surface area contributed by atoms with E-state index in [1.165, 1.54) is 11.1 Å². The third-order valence-electron chi connectivity index (χ3n) is 5.73. The molecule has 1 amide bonds. The molecule has 5 heteroatoms. The van der Waals surface area contributed by atoms with Crippen LogP contribution in [0.2, 0.25) is 0 Å². The van der Waals surface area contributed by atoms with Crippen molar-refractivity contribution in [3.8, 4) is 11.1 Å². The van der Waals surface area contributed by atoms with Crippen molar-refractivity contribution < 1.29 is 4.79 Å². The Hall–Kier alpha value is -3.05. The Balaban J connectivity index is 1.55. The number of rotatable bonds is 6. The van der Waals surface area contributed by atoms with Crippen LogP contribution >= 0.6 is 0 Å². The molecule has 2 aromatic heterocycles. The molecule has 1 saturated heterocycles. The number of aromatic nitrogens is 2. The van der Waals surface area contributed by atoms with E-state index >= 15 is 0 Å². The van der Waals surface area contributed by atoms with E-state index in [0.29, 0.717) is 0 Å². The van der Waals surface area contributed by atoms with Crippen LogP contribution in [0.5, 0.6) is 0 Å². The quantitative estimate of drug-likeness (QED) is 0.706. The predicted molar refractivity (Wildman–Crippen MR) is 114 cm³/mol. The van der Waals surface area contributed by atoms with Gasteiger partial charge in [-0.05, 0) is 53.8 Å². The van der Waals surface area contributed by atoms with Gasteiger partial charge in [0.1, 0.15) is 0 Å². The normalized spacial score (nSPS) is 19.2. The number of pyridine rings is 2. The van der Waals surface area contributed by atoms with E-state index in [-0.39, 0.29) is 5.91 Å². The first kappa shape index (κ1) is 19.3. The molecule has 148 valence electrons. The second kappa shape index (κ2) is 8.53. The summed E-state index contributed by atoms with van der Waals surface area (Å²) in [5.74, 6) is 0.123. The van der Waals surface area contributed by atoms with Crippen molar-refractivity contribution in [2.75, 3.05) is 20.1 Å². The first-order chi connectivity index (χ1) is 14.2. The lowest BCUT2D eigenvalue weighted by atomic mass is 9.79. The maximum absolute atomic E-state index is 12.9. The summed E-state index contributed by atoms with van der Waals surface area (Å²) in [6.45, 7) is 2.48. The average molecular weight is 386 g/mol. The summed E-state index contributed by atoms with van der Waals surface area (Å²) in [5, 5.41) is 2.91. The molecule has 0 spiro atoms. The van der Waals surface area contributed by atoms with Gasteiger partial charge in [-0.1, -0.05) is 36.4 Å². The topological polar surface area (TPSA) is 58.1 Å². The van der Waals surface area contributed by atoms with Gasteiger partial charge in [0, 0.05) is 44.9 Å². The molecule has 1 N–H and O–H groups in total. The lowest BCUT2D eigenvalue weighted by Gasteiger charge is -2.28. The zero-order chi connectivity index (χ0) is 20.1. The molecular formula is C24H26N4O. The van der Waals surface area contributed by atoms with E-state index in [0.717, 1.165) is 43.6 Å². The lowest BCUT2D eigenvalue weighted by Crippen LogP contribution is -2.43. The maximum Gasteiger partial charge on any atom is 0.227 e. The summed E-state index contributed by atoms with van der Waals surface area (Å²) in [5.41, 5.74) is 4.17. The fourth-order valence-corrected chi connectivity index (χ4v) is 4.30. The van der Waals surface area contributed by atoms with Gasteiger partial charge < -0.3 is 5.32 Å². The molecule has 1 fully saturated rings. The number of benzene rings is 1. The highest BCUT2D eigenvalue weighted by Crippen LogP contribution is 2.36. The molecule has 1 aliphatic rings. The van der Waals surface area contributed by atoms with Crippen molar-refractivity contribution in [2.45, 2.75) is 19.4 Å². The van der Waals surface area contributed by atoms with Gasteiger partial charge in [-0.3, -0.25) is 19.7 Å². The molecule has 0 unspecified atom stereocenters. The molecule has 0 bridgehead atoms.